The van der Waals surface area contributed by atoms with Gasteiger partial charge in [-0.3, -0.25) is 0 Å². The molecule has 0 aromatic rings. The van der Waals surface area contributed by atoms with E-state index in [1.807, 2.05) is 0 Å². The maximum Gasteiger partial charge on any atom is -0.0348 e. The van der Waals surface area contributed by atoms with Gasteiger partial charge in [0, 0.05) is 0 Å². The van der Waals surface area contributed by atoms with Crippen molar-refractivity contribution in [2.75, 3.05) is 0 Å². The molecule has 0 heteroatoms. The van der Waals surface area contributed by atoms with Crippen LogP contribution in [0.1, 0.15) is 182 Å². The van der Waals surface area contributed by atoms with Gasteiger partial charge in [-0.1, -0.05) is 141 Å². The van der Waals surface area contributed by atoms with E-state index >= 15 is 0 Å². The summed E-state index contributed by atoms with van der Waals surface area (Å²) in [6.45, 7) is 9.34. The van der Waals surface area contributed by atoms with Crippen molar-refractivity contribution in [2.45, 2.75) is 182 Å². The lowest BCUT2D eigenvalue weighted by molar-refractivity contribution is 0.341. The second-order valence-corrected chi connectivity index (χ2v) is 12.0. The summed E-state index contributed by atoms with van der Waals surface area (Å²) in [7, 11) is 0. The quantitative estimate of drug-likeness (QED) is 0.0671. The van der Waals surface area contributed by atoms with Gasteiger partial charge in [0.1, 0.15) is 0 Å². The van der Waals surface area contributed by atoms with E-state index in [1.54, 1.807) is 0 Å². The molecule has 0 amide bonds. The molecule has 0 aliphatic heterocycles. The molecule has 0 N–H and O–H groups in total. The first kappa shape index (κ1) is 37.0. The molecule has 0 aromatic carbocycles. The molecule has 222 valence electrons. The fourth-order valence-corrected chi connectivity index (χ4v) is 5.17. The van der Waals surface area contributed by atoms with Gasteiger partial charge < -0.3 is 0 Å². The highest BCUT2D eigenvalue weighted by Gasteiger charge is 2.11. The summed E-state index contributed by atoms with van der Waals surface area (Å²) in [5, 5.41) is 0. The molecule has 0 atom stereocenters. The van der Waals surface area contributed by atoms with Crippen molar-refractivity contribution in [1.29, 1.82) is 0 Å². The molecule has 0 bridgehead atoms. The van der Waals surface area contributed by atoms with Gasteiger partial charge in [0.2, 0.25) is 0 Å². The molecule has 0 rings (SSSR count). The third kappa shape index (κ3) is 29.5. The van der Waals surface area contributed by atoms with Crippen LogP contribution in [-0.2, 0) is 0 Å². The predicted octanol–water partition coefficient (Wildman–Crippen LogP) is 13.9. The van der Waals surface area contributed by atoms with Crippen molar-refractivity contribution in [3.63, 3.8) is 0 Å². The molecule has 0 aromatic heterocycles. The molecule has 0 spiro atoms. The van der Waals surface area contributed by atoms with Gasteiger partial charge >= 0.3 is 0 Å². The van der Waals surface area contributed by atoms with Crippen molar-refractivity contribution in [2.24, 2.45) is 11.8 Å². The van der Waals surface area contributed by atoms with E-state index in [1.165, 1.54) is 154 Å². The normalized spacial score (nSPS) is 12.7. The lowest BCUT2D eigenvalue weighted by atomic mass is 9.87. The van der Waals surface area contributed by atoms with Crippen molar-refractivity contribution in [1.82, 2.24) is 0 Å². The Morgan fingerprint density at radius 2 is 0.605 bits per heavy atom. The van der Waals surface area contributed by atoms with Crippen LogP contribution in [0.3, 0.4) is 0 Å². The van der Waals surface area contributed by atoms with Gasteiger partial charge in [-0.05, 0) is 102 Å². The molecule has 0 radical (unpaired) electrons. The van der Waals surface area contributed by atoms with Crippen molar-refractivity contribution in [3.05, 3.63) is 48.6 Å². The highest BCUT2D eigenvalue weighted by Crippen LogP contribution is 2.23. The third-order valence-corrected chi connectivity index (χ3v) is 7.91. The highest BCUT2D eigenvalue weighted by molar-refractivity contribution is 4.86. The third-order valence-electron chi connectivity index (χ3n) is 7.91. The van der Waals surface area contributed by atoms with Crippen molar-refractivity contribution < 1.29 is 0 Å². The number of unbranched alkanes of at least 4 members (excludes halogenated alkanes) is 16. The van der Waals surface area contributed by atoms with Crippen LogP contribution in [0.25, 0.3) is 0 Å². The Hall–Kier alpha value is -1.04. The molecule has 0 saturated carbocycles. The minimum absolute atomic E-state index is 0.807. The summed E-state index contributed by atoms with van der Waals surface area (Å²) < 4.78 is 0. The number of hydrogen-bond donors (Lipinski definition) is 0. The van der Waals surface area contributed by atoms with E-state index in [0.29, 0.717) is 0 Å². The van der Waals surface area contributed by atoms with Crippen LogP contribution in [-0.4, -0.2) is 0 Å². The second kappa shape index (κ2) is 32.2. The van der Waals surface area contributed by atoms with Crippen LogP contribution in [0.15, 0.2) is 48.6 Å². The summed E-state index contributed by atoms with van der Waals surface area (Å²) in [4.78, 5) is 0. The molecule has 0 nitrogen and oxygen atoms in total. The highest BCUT2D eigenvalue weighted by atomic mass is 14.2. The van der Waals surface area contributed by atoms with Gasteiger partial charge in [0.15, 0.2) is 0 Å². The smallest absolute Gasteiger partial charge is 0.0348 e. The Bertz CT molecular complexity index is 500. The molecule has 0 heterocycles. The van der Waals surface area contributed by atoms with E-state index in [9.17, 15) is 0 Å². The number of hydrogen-bond acceptors (Lipinski definition) is 0. The lowest BCUT2D eigenvalue weighted by Gasteiger charge is -2.19. The summed E-state index contributed by atoms with van der Waals surface area (Å²) in [6.07, 6.45) is 51.6. The van der Waals surface area contributed by atoms with E-state index < -0.39 is 0 Å². The average Bonchev–Trinajstić information content (AvgIpc) is 2.91. The first-order valence-corrected chi connectivity index (χ1v) is 17.3. The molecule has 0 unspecified atom stereocenters. The lowest BCUT2D eigenvalue weighted by Crippen LogP contribution is -2.08. The molecular weight excluding hydrogens is 456 g/mol. The van der Waals surface area contributed by atoms with Gasteiger partial charge in [0.25, 0.3) is 0 Å². The fraction of sp³-hybridized carbons (Fsp3) is 0.789. The Morgan fingerprint density at radius 3 is 0.895 bits per heavy atom. The zero-order valence-corrected chi connectivity index (χ0v) is 26.7. The number of rotatable bonds is 29. The minimum atomic E-state index is 0.807. The Balaban J connectivity index is 3.58. The predicted molar refractivity (Wildman–Crippen MR) is 177 cm³/mol. The SMILES string of the molecule is CCC/C=C/CCCCCCCC/C=C/CCC(CC/C=C/CCCCCCCC/C=C/CCC)C(C)C. The van der Waals surface area contributed by atoms with Gasteiger partial charge in [0.05, 0.1) is 0 Å². The van der Waals surface area contributed by atoms with Crippen LogP contribution in [0.5, 0.6) is 0 Å². The maximum atomic E-state index is 2.47. The fourth-order valence-electron chi connectivity index (χ4n) is 5.17. The monoisotopic (exact) mass is 527 g/mol. The maximum absolute atomic E-state index is 2.47. The average molecular weight is 527 g/mol. The largest absolute Gasteiger partial charge is 0.0885 e. The zero-order chi connectivity index (χ0) is 27.8. The first-order chi connectivity index (χ1) is 18.7. The zero-order valence-electron chi connectivity index (χ0n) is 26.7. The van der Waals surface area contributed by atoms with Crippen molar-refractivity contribution >= 4 is 0 Å². The van der Waals surface area contributed by atoms with Gasteiger partial charge in [-0.25, -0.2) is 0 Å². The van der Waals surface area contributed by atoms with Gasteiger partial charge in [-0.15, -0.1) is 0 Å². The standard InChI is InChI=1S/C38H70/c1-5-7-9-11-13-15-17-19-21-23-25-27-29-31-33-35-38(37(3)4)36-34-32-30-28-26-24-22-20-18-16-14-12-10-8-6-2/h9-12,29-32,37-38H,5-8,13-28,33-36H2,1-4H3/b11-9+,12-10+,31-29+,32-30+. The molecule has 0 fully saturated rings. The Kier molecular flexibility index (Phi) is 31.3. The van der Waals surface area contributed by atoms with Crippen LogP contribution in [0.2, 0.25) is 0 Å². The molecule has 0 saturated heterocycles. The molecule has 0 aliphatic carbocycles. The van der Waals surface area contributed by atoms with E-state index in [0.717, 1.165) is 11.8 Å². The summed E-state index contributed by atoms with van der Waals surface area (Å²) in [5.41, 5.74) is 0. The second-order valence-electron chi connectivity index (χ2n) is 12.0. The van der Waals surface area contributed by atoms with Crippen LogP contribution >= 0.6 is 0 Å². The molecule has 38 heavy (non-hydrogen) atoms. The van der Waals surface area contributed by atoms with Crippen LogP contribution in [0, 0.1) is 11.8 Å². The summed E-state index contributed by atoms with van der Waals surface area (Å²) in [5.74, 6) is 1.68. The minimum Gasteiger partial charge on any atom is -0.0885 e. The van der Waals surface area contributed by atoms with E-state index in [-0.39, 0.29) is 0 Å². The summed E-state index contributed by atoms with van der Waals surface area (Å²) in [6, 6.07) is 0. The Morgan fingerprint density at radius 1 is 0.342 bits per heavy atom. The topological polar surface area (TPSA) is 0 Å². The molecular formula is C38H70. The molecule has 0 aliphatic rings. The number of allylic oxidation sites excluding steroid dienone is 8. The Labute approximate surface area is 241 Å². The van der Waals surface area contributed by atoms with Gasteiger partial charge in [-0.2, -0.15) is 0 Å². The first-order valence-electron chi connectivity index (χ1n) is 17.3. The van der Waals surface area contributed by atoms with Crippen molar-refractivity contribution in [3.8, 4) is 0 Å². The van der Waals surface area contributed by atoms with E-state index in [2.05, 4.69) is 76.3 Å². The summed E-state index contributed by atoms with van der Waals surface area (Å²) >= 11 is 0. The van der Waals surface area contributed by atoms with E-state index in [4.69, 9.17) is 0 Å². The van der Waals surface area contributed by atoms with Crippen LogP contribution < -0.4 is 0 Å². The van der Waals surface area contributed by atoms with Crippen LogP contribution in [0.4, 0.5) is 0 Å².